The van der Waals surface area contributed by atoms with Gasteiger partial charge in [-0.1, -0.05) is 42.5 Å². The number of amides is 1. The molecule has 0 spiro atoms. The Labute approximate surface area is 191 Å². The molecule has 0 atom stereocenters. The number of benzene rings is 2. The van der Waals surface area contributed by atoms with E-state index < -0.39 is 11.9 Å². The van der Waals surface area contributed by atoms with Gasteiger partial charge in [0.05, 0.1) is 18.8 Å². The van der Waals surface area contributed by atoms with E-state index in [0.29, 0.717) is 11.1 Å². The third-order valence-corrected chi connectivity index (χ3v) is 5.97. The zero-order valence-electron chi connectivity index (χ0n) is 18.3. The molecule has 1 heterocycles. The van der Waals surface area contributed by atoms with E-state index in [0.717, 1.165) is 23.3 Å². The molecular weight excluding hydrogens is 426 g/mol. The highest BCUT2D eigenvalue weighted by Crippen LogP contribution is 2.34. The second kappa shape index (κ2) is 10.7. The maximum atomic E-state index is 12.9. The molecule has 166 valence electrons. The van der Waals surface area contributed by atoms with E-state index in [4.69, 9.17) is 9.47 Å². The average Bonchev–Trinajstić information content (AvgIpc) is 3.11. The number of carbonyl (C=O) groups is 3. The third kappa shape index (κ3) is 5.42. The largest absolute Gasteiger partial charge is 0.462 e. The Kier molecular flexibility index (Phi) is 7.78. The zero-order valence-corrected chi connectivity index (χ0v) is 19.1. The lowest BCUT2D eigenvalue weighted by Crippen LogP contribution is -2.15. The molecular formula is C25H25NO5S. The number of anilines is 1. The van der Waals surface area contributed by atoms with Crippen LogP contribution in [0.15, 0.2) is 54.6 Å². The molecule has 3 aromatic rings. The van der Waals surface area contributed by atoms with Crippen LogP contribution in [0.4, 0.5) is 5.00 Å². The van der Waals surface area contributed by atoms with Gasteiger partial charge in [0.15, 0.2) is 0 Å². The van der Waals surface area contributed by atoms with Crippen molar-refractivity contribution in [1.82, 2.24) is 0 Å². The molecule has 0 saturated carbocycles. The second-order valence-corrected chi connectivity index (χ2v) is 8.04. The molecule has 3 rings (SSSR count). The molecule has 2 aromatic carbocycles. The summed E-state index contributed by atoms with van der Waals surface area (Å²) in [6.07, 6.45) is 0.767. The lowest BCUT2D eigenvalue weighted by atomic mass is 10.0. The predicted octanol–water partition coefficient (Wildman–Crippen LogP) is 5.25. The van der Waals surface area contributed by atoms with Crippen molar-refractivity contribution in [2.24, 2.45) is 0 Å². The van der Waals surface area contributed by atoms with Crippen LogP contribution < -0.4 is 5.32 Å². The summed E-state index contributed by atoms with van der Waals surface area (Å²) < 4.78 is 10.2. The van der Waals surface area contributed by atoms with Gasteiger partial charge in [0.2, 0.25) is 0 Å². The molecule has 0 radical (unpaired) electrons. The van der Waals surface area contributed by atoms with Crippen LogP contribution in [0.2, 0.25) is 0 Å². The van der Waals surface area contributed by atoms with Crippen molar-refractivity contribution in [1.29, 1.82) is 0 Å². The Hall–Kier alpha value is -3.45. The van der Waals surface area contributed by atoms with E-state index >= 15 is 0 Å². The van der Waals surface area contributed by atoms with Crippen LogP contribution in [0.1, 0.15) is 60.9 Å². The van der Waals surface area contributed by atoms with Crippen molar-refractivity contribution >= 4 is 34.2 Å². The Morgan fingerprint density at radius 3 is 2.06 bits per heavy atom. The minimum absolute atomic E-state index is 0.175. The van der Waals surface area contributed by atoms with E-state index in [1.54, 1.807) is 32.9 Å². The lowest BCUT2D eigenvalue weighted by molar-refractivity contribution is 0.0527. The van der Waals surface area contributed by atoms with Crippen LogP contribution in [-0.2, 0) is 15.9 Å². The monoisotopic (exact) mass is 451 g/mol. The van der Waals surface area contributed by atoms with Crippen molar-refractivity contribution in [3.63, 3.8) is 0 Å². The van der Waals surface area contributed by atoms with Gasteiger partial charge in [-0.15, -0.1) is 11.3 Å². The van der Waals surface area contributed by atoms with Crippen LogP contribution >= 0.6 is 11.3 Å². The van der Waals surface area contributed by atoms with Crippen molar-refractivity contribution in [3.05, 3.63) is 87.3 Å². The average molecular weight is 452 g/mol. The number of rotatable bonds is 8. The fraction of sp³-hybridized carbons (Fsp3) is 0.240. The predicted molar refractivity (Wildman–Crippen MR) is 125 cm³/mol. The van der Waals surface area contributed by atoms with E-state index in [2.05, 4.69) is 17.4 Å². The minimum Gasteiger partial charge on any atom is -0.462 e. The number of thiophene rings is 1. The van der Waals surface area contributed by atoms with Crippen LogP contribution in [0.3, 0.4) is 0 Å². The smallest absolute Gasteiger partial charge is 0.348 e. The van der Waals surface area contributed by atoms with Crippen LogP contribution in [-0.4, -0.2) is 31.1 Å². The Morgan fingerprint density at radius 1 is 0.844 bits per heavy atom. The summed E-state index contributed by atoms with van der Waals surface area (Å²) in [5, 5.41) is 3.03. The molecule has 1 amide bonds. The van der Waals surface area contributed by atoms with Crippen LogP contribution in [0.5, 0.6) is 0 Å². The first kappa shape index (κ1) is 23.2. The van der Waals surface area contributed by atoms with Crippen molar-refractivity contribution in [2.75, 3.05) is 18.5 Å². The summed E-state index contributed by atoms with van der Waals surface area (Å²) >= 11 is 1.01. The number of esters is 2. The summed E-state index contributed by atoms with van der Waals surface area (Å²) in [6.45, 7) is 5.43. The van der Waals surface area contributed by atoms with E-state index in [1.807, 2.05) is 30.3 Å². The zero-order chi connectivity index (χ0) is 23.1. The fourth-order valence-electron chi connectivity index (χ4n) is 3.22. The SMILES string of the molecule is CCOC(=O)c1sc(NC(=O)c2ccc(Cc3ccccc3)cc2)c(C(=O)OCC)c1C. The first-order valence-electron chi connectivity index (χ1n) is 10.4. The van der Waals surface area contributed by atoms with Gasteiger partial charge >= 0.3 is 11.9 Å². The molecule has 6 nitrogen and oxygen atoms in total. The van der Waals surface area contributed by atoms with Crippen LogP contribution in [0, 0.1) is 6.92 Å². The molecule has 1 aromatic heterocycles. The van der Waals surface area contributed by atoms with Gasteiger partial charge in [-0.05, 0) is 56.0 Å². The van der Waals surface area contributed by atoms with E-state index in [9.17, 15) is 14.4 Å². The van der Waals surface area contributed by atoms with Crippen molar-refractivity contribution < 1.29 is 23.9 Å². The highest BCUT2D eigenvalue weighted by molar-refractivity contribution is 7.18. The Bertz CT molecular complexity index is 1100. The summed E-state index contributed by atoms with van der Waals surface area (Å²) in [6, 6.07) is 17.3. The molecule has 32 heavy (non-hydrogen) atoms. The highest BCUT2D eigenvalue weighted by Gasteiger charge is 2.27. The second-order valence-electron chi connectivity index (χ2n) is 7.01. The summed E-state index contributed by atoms with van der Waals surface area (Å²) in [5.74, 6) is -1.50. The molecule has 0 aliphatic carbocycles. The number of ether oxygens (including phenoxy) is 2. The van der Waals surface area contributed by atoms with Crippen LogP contribution in [0.25, 0.3) is 0 Å². The van der Waals surface area contributed by atoms with Gasteiger partial charge in [-0.25, -0.2) is 9.59 Å². The maximum Gasteiger partial charge on any atom is 0.348 e. The number of carbonyl (C=O) groups excluding carboxylic acids is 3. The number of hydrogen-bond donors (Lipinski definition) is 1. The van der Waals surface area contributed by atoms with Gasteiger partial charge in [-0.3, -0.25) is 4.79 Å². The molecule has 0 unspecified atom stereocenters. The molecule has 7 heteroatoms. The van der Waals surface area contributed by atoms with E-state index in [1.165, 1.54) is 5.56 Å². The van der Waals surface area contributed by atoms with Crippen molar-refractivity contribution in [3.8, 4) is 0 Å². The topological polar surface area (TPSA) is 81.7 Å². The van der Waals surface area contributed by atoms with Gasteiger partial charge in [0.1, 0.15) is 9.88 Å². The fourth-order valence-corrected chi connectivity index (χ4v) is 4.31. The van der Waals surface area contributed by atoms with Gasteiger partial charge < -0.3 is 14.8 Å². The van der Waals surface area contributed by atoms with Gasteiger partial charge in [0.25, 0.3) is 5.91 Å². The first-order chi connectivity index (χ1) is 15.4. The number of hydrogen-bond acceptors (Lipinski definition) is 6. The highest BCUT2D eigenvalue weighted by atomic mass is 32.1. The Balaban J connectivity index is 1.82. The van der Waals surface area contributed by atoms with Gasteiger partial charge in [-0.2, -0.15) is 0 Å². The summed E-state index contributed by atoms with van der Waals surface area (Å²) in [4.78, 5) is 37.9. The normalized spacial score (nSPS) is 10.5. The number of nitrogens with one attached hydrogen (secondary N) is 1. The third-order valence-electron chi connectivity index (χ3n) is 4.78. The van der Waals surface area contributed by atoms with Crippen molar-refractivity contribution in [2.45, 2.75) is 27.2 Å². The molecule has 1 N–H and O–H groups in total. The lowest BCUT2D eigenvalue weighted by Gasteiger charge is -2.08. The van der Waals surface area contributed by atoms with E-state index in [-0.39, 0.29) is 34.6 Å². The molecule has 0 saturated heterocycles. The summed E-state index contributed by atoms with van der Waals surface area (Å²) in [7, 11) is 0. The minimum atomic E-state index is -0.592. The van der Waals surface area contributed by atoms with Gasteiger partial charge in [0, 0.05) is 5.56 Å². The molecule has 0 fully saturated rings. The molecule has 0 aliphatic heterocycles. The first-order valence-corrected chi connectivity index (χ1v) is 11.2. The standard InChI is InChI=1S/C25H25NO5S/c1-4-30-24(28)20-16(3)21(25(29)31-5-2)32-23(20)26-22(27)19-13-11-18(12-14-19)15-17-9-7-6-8-10-17/h6-14H,4-5,15H2,1-3H3,(H,26,27). The Morgan fingerprint density at radius 2 is 1.44 bits per heavy atom. The molecule has 0 bridgehead atoms. The quantitative estimate of drug-likeness (QED) is 0.473. The maximum absolute atomic E-state index is 12.9. The molecule has 0 aliphatic rings. The summed E-state index contributed by atoms with van der Waals surface area (Å²) in [5.41, 5.74) is 3.32.